The fourth-order valence-electron chi connectivity index (χ4n) is 1.27. The molecule has 4 nitrogen and oxygen atoms in total. The summed E-state index contributed by atoms with van der Waals surface area (Å²) in [4.78, 5) is 10.4. The highest BCUT2D eigenvalue weighted by Crippen LogP contribution is 1.91. The van der Waals surface area contributed by atoms with Crippen LogP contribution in [-0.4, -0.2) is 26.3 Å². The van der Waals surface area contributed by atoms with Crippen LogP contribution >= 0.6 is 0 Å². The summed E-state index contributed by atoms with van der Waals surface area (Å²) in [6, 6.07) is 0. The molecule has 2 N–H and O–H groups in total. The molecule has 16 heavy (non-hydrogen) atoms. The lowest BCUT2D eigenvalue weighted by molar-refractivity contribution is -0.0361. The molecule has 0 saturated heterocycles. The molecule has 0 bridgehead atoms. The van der Waals surface area contributed by atoms with Crippen LogP contribution in [0.1, 0.15) is 52.4 Å². The van der Waals surface area contributed by atoms with Gasteiger partial charge in [-0.15, -0.1) is 0 Å². The van der Waals surface area contributed by atoms with Gasteiger partial charge in [0.15, 0.2) is 0 Å². The maximum Gasteiger partial charge on any atom is 0.0936 e. The average Bonchev–Trinajstić information content (AvgIpc) is 2.31. The standard InChI is InChI=1S/C12H28N2O2/c1-3-5-7-9-13-15-11-12-16-14-10-8-6-4-2/h13-14H,3-12H2,1-2H3. The third-order valence-corrected chi connectivity index (χ3v) is 2.26. The number of nitrogens with one attached hydrogen (secondary N) is 2. The molecular weight excluding hydrogens is 204 g/mol. The van der Waals surface area contributed by atoms with Gasteiger partial charge in [-0.1, -0.05) is 39.5 Å². The van der Waals surface area contributed by atoms with Gasteiger partial charge in [0.1, 0.15) is 0 Å². The minimum absolute atomic E-state index is 0.590. The van der Waals surface area contributed by atoms with Crippen molar-refractivity contribution in [3.63, 3.8) is 0 Å². The van der Waals surface area contributed by atoms with E-state index in [0.717, 1.165) is 13.1 Å². The number of hydrogen-bond donors (Lipinski definition) is 2. The highest BCUT2D eigenvalue weighted by Gasteiger charge is 1.90. The van der Waals surface area contributed by atoms with E-state index in [4.69, 9.17) is 9.68 Å². The van der Waals surface area contributed by atoms with Gasteiger partial charge < -0.3 is 0 Å². The van der Waals surface area contributed by atoms with E-state index in [1.807, 2.05) is 0 Å². The lowest BCUT2D eigenvalue weighted by atomic mass is 10.3. The van der Waals surface area contributed by atoms with Gasteiger partial charge in [0, 0.05) is 13.1 Å². The predicted molar refractivity (Wildman–Crippen MR) is 67.0 cm³/mol. The predicted octanol–water partition coefficient (Wildman–Crippen LogP) is 2.41. The minimum Gasteiger partial charge on any atom is -0.299 e. The van der Waals surface area contributed by atoms with E-state index in [1.165, 1.54) is 38.5 Å². The van der Waals surface area contributed by atoms with Crippen molar-refractivity contribution in [3.05, 3.63) is 0 Å². The van der Waals surface area contributed by atoms with Crippen molar-refractivity contribution in [2.45, 2.75) is 52.4 Å². The zero-order valence-corrected chi connectivity index (χ0v) is 10.9. The quantitative estimate of drug-likeness (QED) is 0.378. The number of hydrogen-bond acceptors (Lipinski definition) is 4. The Morgan fingerprint density at radius 2 is 1.12 bits per heavy atom. The van der Waals surface area contributed by atoms with Crippen LogP contribution < -0.4 is 11.0 Å². The van der Waals surface area contributed by atoms with Crippen LogP contribution in [0.25, 0.3) is 0 Å². The van der Waals surface area contributed by atoms with Gasteiger partial charge in [-0.3, -0.25) is 9.68 Å². The zero-order chi connectivity index (χ0) is 11.9. The highest BCUT2D eigenvalue weighted by molar-refractivity contribution is 4.39. The molecule has 0 atom stereocenters. The lowest BCUT2D eigenvalue weighted by Gasteiger charge is -2.07. The molecule has 0 amide bonds. The Kier molecular flexibility index (Phi) is 14.7. The molecule has 0 fully saturated rings. The first-order valence-electron chi connectivity index (χ1n) is 6.61. The van der Waals surface area contributed by atoms with Crippen molar-refractivity contribution < 1.29 is 9.68 Å². The van der Waals surface area contributed by atoms with Crippen LogP contribution in [0, 0.1) is 0 Å². The topological polar surface area (TPSA) is 42.5 Å². The first-order chi connectivity index (χ1) is 7.91. The minimum atomic E-state index is 0.590. The van der Waals surface area contributed by atoms with Crippen molar-refractivity contribution in [3.8, 4) is 0 Å². The first kappa shape index (κ1) is 15.8. The highest BCUT2D eigenvalue weighted by atomic mass is 16.7. The summed E-state index contributed by atoms with van der Waals surface area (Å²) >= 11 is 0. The van der Waals surface area contributed by atoms with Gasteiger partial charge in [-0.05, 0) is 12.8 Å². The Morgan fingerprint density at radius 3 is 1.50 bits per heavy atom. The second-order valence-electron chi connectivity index (χ2n) is 3.90. The summed E-state index contributed by atoms with van der Waals surface area (Å²) in [5, 5.41) is 0. The van der Waals surface area contributed by atoms with Crippen LogP contribution in [0.2, 0.25) is 0 Å². The number of unbranched alkanes of at least 4 members (excludes halogenated alkanes) is 4. The second kappa shape index (κ2) is 14.8. The van der Waals surface area contributed by atoms with Crippen molar-refractivity contribution in [1.82, 2.24) is 11.0 Å². The number of hydroxylamine groups is 2. The van der Waals surface area contributed by atoms with E-state index in [-0.39, 0.29) is 0 Å². The van der Waals surface area contributed by atoms with Crippen LogP contribution in [0.15, 0.2) is 0 Å². The van der Waals surface area contributed by atoms with Gasteiger partial charge >= 0.3 is 0 Å². The third kappa shape index (κ3) is 13.8. The smallest absolute Gasteiger partial charge is 0.0936 e. The molecule has 0 rings (SSSR count). The Hall–Kier alpha value is -0.160. The Bertz CT molecular complexity index is 110. The summed E-state index contributed by atoms with van der Waals surface area (Å²) < 4.78 is 0. The molecule has 4 heteroatoms. The van der Waals surface area contributed by atoms with E-state index in [2.05, 4.69) is 24.8 Å². The van der Waals surface area contributed by atoms with Gasteiger partial charge in [0.25, 0.3) is 0 Å². The summed E-state index contributed by atoms with van der Waals surface area (Å²) in [6.07, 6.45) is 7.34. The maximum absolute atomic E-state index is 5.19. The summed E-state index contributed by atoms with van der Waals surface area (Å²) in [5.74, 6) is 0. The fourth-order valence-corrected chi connectivity index (χ4v) is 1.27. The Labute approximate surface area is 100.0 Å². The normalized spacial score (nSPS) is 10.9. The van der Waals surface area contributed by atoms with E-state index < -0.39 is 0 Å². The van der Waals surface area contributed by atoms with E-state index in [1.54, 1.807) is 0 Å². The molecule has 0 aliphatic heterocycles. The van der Waals surface area contributed by atoms with E-state index >= 15 is 0 Å². The summed E-state index contributed by atoms with van der Waals surface area (Å²) in [7, 11) is 0. The molecule has 0 saturated carbocycles. The van der Waals surface area contributed by atoms with Crippen molar-refractivity contribution in [1.29, 1.82) is 0 Å². The van der Waals surface area contributed by atoms with Crippen molar-refractivity contribution >= 4 is 0 Å². The largest absolute Gasteiger partial charge is 0.299 e. The molecule has 0 spiro atoms. The summed E-state index contributed by atoms with van der Waals surface area (Å²) in [5.41, 5.74) is 5.85. The first-order valence-corrected chi connectivity index (χ1v) is 6.61. The van der Waals surface area contributed by atoms with Crippen LogP contribution in [-0.2, 0) is 9.68 Å². The Balaban J connectivity index is 2.83. The molecular formula is C12H28N2O2. The SMILES string of the molecule is CCCCCNOCCONCCCCC. The molecule has 0 unspecified atom stereocenters. The van der Waals surface area contributed by atoms with Crippen LogP contribution in [0.3, 0.4) is 0 Å². The summed E-state index contributed by atoms with van der Waals surface area (Å²) in [6.45, 7) is 7.42. The molecule has 0 aromatic rings. The van der Waals surface area contributed by atoms with E-state index in [0.29, 0.717) is 13.2 Å². The molecule has 0 aliphatic rings. The lowest BCUT2D eigenvalue weighted by Crippen LogP contribution is -2.23. The average molecular weight is 232 g/mol. The van der Waals surface area contributed by atoms with E-state index in [9.17, 15) is 0 Å². The van der Waals surface area contributed by atoms with Gasteiger partial charge in [-0.2, -0.15) is 0 Å². The molecule has 0 heterocycles. The molecule has 0 aromatic carbocycles. The molecule has 0 radical (unpaired) electrons. The second-order valence-corrected chi connectivity index (χ2v) is 3.90. The van der Waals surface area contributed by atoms with Gasteiger partial charge in [0.2, 0.25) is 0 Å². The van der Waals surface area contributed by atoms with Crippen molar-refractivity contribution in [2.75, 3.05) is 26.3 Å². The van der Waals surface area contributed by atoms with Gasteiger partial charge in [0.05, 0.1) is 13.2 Å². The van der Waals surface area contributed by atoms with Gasteiger partial charge in [-0.25, -0.2) is 11.0 Å². The molecule has 0 aromatic heterocycles. The number of rotatable bonds is 13. The monoisotopic (exact) mass is 232 g/mol. The van der Waals surface area contributed by atoms with Crippen molar-refractivity contribution in [2.24, 2.45) is 0 Å². The maximum atomic E-state index is 5.19. The fraction of sp³-hybridized carbons (Fsp3) is 1.00. The van der Waals surface area contributed by atoms with Crippen LogP contribution in [0.4, 0.5) is 0 Å². The molecule has 98 valence electrons. The van der Waals surface area contributed by atoms with Crippen LogP contribution in [0.5, 0.6) is 0 Å². The molecule has 0 aliphatic carbocycles. The Morgan fingerprint density at radius 1 is 0.688 bits per heavy atom. The zero-order valence-electron chi connectivity index (χ0n) is 10.9. The third-order valence-electron chi connectivity index (χ3n) is 2.26.